The first kappa shape index (κ1) is 28.0. The van der Waals surface area contributed by atoms with E-state index < -0.39 is 0 Å². The monoisotopic (exact) mass is 651 g/mol. The number of rotatable bonds is 4. The predicted molar refractivity (Wildman–Crippen MR) is 208 cm³/mol. The molecule has 0 radical (unpaired) electrons. The van der Waals surface area contributed by atoms with E-state index in [1.54, 1.807) is 0 Å². The van der Waals surface area contributed by atoms with Gasteiger partial charge < -0.3 is 9.13 Å². The summed E-state index contributed by atoms with van der Waals surface area (Å²) in [4.78, 5) is 4.97. The Morgan fingerprint density at radius 3 is 1.57 bits per heavy atom. The van der Waals surface area contributed by atoms with Crippen LogP contribution in [0.2, 0.25) is 0 Å². The maximum Gasteiger partial charge on any atom is 0.115 e. The van der Waals surface area contributed by atoms with Crippen molar-refractivity contribution in [2.75, 3.05) is 0 Å². The molecule has 51 heavy (non-hydrogen) atoms. The molecule has 4 aromatic heterocycles. The van der Waals surface area contributed by atoms with Crippen LogP contribution in [0.15, 0.2) is 164 Å². The SMILES string of the molecule is c1ccc(-n2c3ccccc3c3cc(-c4cnc5c(c4)Cc4cc(-c6ccc7c(c6)c6ccccc6n7-c6ccccc6)nnc4-5)ccc32)cc1. The Kier molecular flexibility index (Phi) is 5.95. The number of para-hydroxylation sites is 4. The average molecular weight is 652 g/mol. The fourth-order valence-electron chi connectivity index (χ4n) is 8.12. The van der Waals surface area contributed by atoms with Crippen LogP contribution in [0.5, 0.6) is 0 Å². The van der Waals surface area contributed by atoms with Crippen molar-refractivity contribution < 1.29 is 0 Å². The highest BCUT2D eigenvalue weighted by Gasteiger charge is 2.24. The van der Waals surface area contributed by atoms with Gasteiger partial charge in [0.15, 0.2) is 0 Å². The summed E-state index contributed by atoms with van der Waals surface area (Å²) in [7, 11) is 0. The molecule has 1 aliphatic rings. The lowest BCUT2D eigenvalue weighted by Gasteiger charge is -2.08. The quantitative estimate of drug-likeness (QED) is 0.190. The lowest BCUT2D eigenvalue weighted by atomic mass is 10.0. The zero-order valence-electron chi connectivity index (χ0n) is 27.5. The number of benzene rings is 6. The van der Waals surface area contributed by atoms with Crippen molar-refractivity contribution in [3.63, 3.8) is 0 Å². The summed E-state index contributed by atoms with van der Waals surface area (Å²) in [5.41, 5.74) is 15.4. The van der Waals surface area contributed by atoms with E-state index in [0.717, 1.165) is 57.1 Å². The molecule has 5 heteroatoms. The molecule has 0 N–H and O–H groups in total. The number of hydrogen-bond donors (Lipinski definition) is 0. The summed E-state index contributed by atoms with van der Waals surface area (Å²) in [6.45, 7) is 0. The van der Waals surface area contributed by atoms with E-state index in [2.05, 4.69) is 167 Å². The third-order valence-corrected chi connectivity index (χ3v) is 10.4. The number of fused-ring (bicyclic) bond motifs is 9. The highest BCUT2D eigenvalue weighted by Crippen LogP contribution is 2.40. The van der Waals surface area contributed by atoms with E-state index in [1.165, 1.54) is 49.2 Å². The number of nitrogens with zero attached hydrogens (tertiary/aromatic N) is 5. The minimum Gasteiger partial charge on any atom is -0.309 e. The van der Waals surface area contributed by atoms with Gasteiger partial charge in [0.05, 0.1) is 33.5 Å². The first-order valence-electron chi connectivity index (χ1n) is 17.3. The first-order valence-corrected chi connectivity index (χ1v) is 17.3. The van der Waals surface area contributed by atoms with E-state index in [-0.39, 0.29) is 0 Å². The molecule has 5 nitrogen and oxygen atoms in total. The Morgan fingerprint density at radius 2 is 0.922 bits per heavy atom. The molecule has 0 atom stereocenters. The topological polar surface area (TPSA) is 48.5 Å². The van der Waals surface area contributed by atoms with E-state index >= 15 is 0 Å². The van der Waals surface area contributed by atoms with E-state index in [0.29, 0.717) is 0 Å². The summed E-state index contributed by atoms with van der Waals surface area (Å²) in [6, 6.07) is 56.3. The molecule has 4 heterocycles. The van der Waals surface area contributed by atoms with Crippen LogP contribution in [-0.2, 0) is 6.42 Å². The minimum absolute atomic E-state index is 0.777. The Labute approximate surface area is 293 Å². The summed E-state index contributed by atoms with van der Waals surface area (Å²) in [6.07, 6.45) is 2.76. The fourth-order valence-corrected chi connectivity index (χ4v) is 8.12. The first-order chi connectivity index (χ1) is 25.3. The zero-order chi connectivity index (χ0) is 33.5. The average Bonchev–Trinajstić information content (AvgIpc) is 3.85. The zero-order valence-corrected chi connectivity index (χ0v) is 27.5. The third kappa shape index (κ3) is 4.25. The highest BCUT2D eigenvalue weighted by atomic mass is 15.1. The van der Waals surface area contributed by atoms with Gasteiger partial charge in [-0.2, -0.15) is 0 Å². The number of pyridine rings is 1. The third-order valence-electron chi connectivity index (χ3n) is 10.4. The predicted octanol–water partition coefficient (Wildman–Crippen LogP) is 11.0. The molecule has 0 fully saturated rings. The van der Waals surface area contributed by atoms with Gasteiger partial charge in [0, 0.05) is 56.7 Å². The maximum atomic E-state index is 4.97. The van der Waals surface area contributed by atoms with Crippen LogP contribution < -0.4 is 0 Å². The molecule has 11 rings (SSSR count). The lowest BCUT2D eigenvalue weighted by Crippen LogP contribution is -1.95. The molecule has 6 aromatic carbocycles. The maximum absolute atomic E-state index is 4.97. The van der Waals surface area contributed by atoms with Crippen LogP contribution >= 0.6 is 0 Å². The molecule has 0 bridgehead atoms. The second-order valence-electron chi connectivity index (χ2n) is 13.4. The molecule has 1 aliphatic carbocycles. The van der Waals surface area contributed by atoms with Gasteiger partial charge in [-0.3, -0.25) is 4.98 Å². The van der Waals surface area contributed by atoms with Crippen molar-refractivity contribution >= 4 is 43.6 Å². The molecular formula is C46H29N5. The van der Waals surface area contributed by atoms with Crippen molar-refractivity contribution in [2.24, 2.45) is 0 Å². The number of aromatic nitrogens is 5. The van der Waals surface area contributed by atoms with Crippen LogP contribution in [-0.4, -0.2) is 24.3 Å². The van der Waals surface area contributed by atoms with Gasteiger partial charge in [-0.25, -0.2) is 0 Å². The number of hydrogen-bond acceptors (Lipinski definition) is 3. The van der Waals surface area contributed by atoms with Gasteiger partial charge in [0.2, 0.25) is 0 Å². The van der Waals surface area contributed by atoms with Gasteiger partial charge in [0.25, 0.3) is 0 Å². The molecule has 0 spiro atoms. The Bertz CT molecular complexity index is 2790. The molecule has 0 saturated heterocycles. The van der Waals surface area contributed by atoms with Crippen molar-refractivity contribution in [1.29, 1.82) is 0 Å². The fraction of sp³-hybridized carbons (Fsp3) is 0.0217. The van der Waals surface area contributed by atoms with E-state index in [1.807, 2.05) is 6.20 Å². The second kappa shape index (κ2) is 10.8. The van der Waals surface area contributed by atoms with Gasteiger partial charge >= 0.3 is 0 Å². The Hall–Kier alpha value is -6.85. The van der Waals surface area contributed by atoms with Crippen LogP contribution in [0.4, 0.5) is 0 Å². The van der Waals surface area contributed by atoms with Gasteiger partial charge in [-0.05, 0) is 89.5 Å². The van der Waals surface area contributed by atoms with Gasteiger partial charge in [-0.15, -0.1) is 10.2 Å². The summed E-state index contributed by atoms with van der Waals surface area (Å²) >= 11 is 0. The lowest BCUT2D eigenvalue weighted by molar-refractivity contribution is 1.03. The van der Waals surface area contributed by atoms with Crippen LogP contribution in [0.25, 0.3) is 88.8 Å². The van der Waals surface area contributed by atoms with E-state index in [9.17, 15) is 0 Å². The molecule has 0 saturated carbocycles. The minimum atomic E-state index is 0.777. The molecular weight excluding hydrogens is 623 g/mol. The normalized spacial score (nSPS) is 12.2. The van der Waals surface area contributed by atoms with Crippen LogP contribution in [0.1, 0.15) is 11.1 Å². The van der Waals surface area contributed by atoms with Crippen LogP contribution in [0, 0.1) is 0 Å². The molecule has 10 aromatic rings. The Morgan fingerprint density at radius 1 is 0.392 bits per heavy atom. The highest BCUT2D eigenvalue weighted by molar-refractivity contribution is 6.11. The smallest absolute Gasteiger partial charge is 0.115 e. The van der Waals surface area contributed by atoms with Gasteiger partial charge in [-0.1, -0.05) is 84.9 Å². The standard InChI is InChI=1S/C46H29N5/c1-3-11-34(12-4-1)50-41-17-9-7-15-36(41)38-25-29(19-21-43(38)50)33-24-31-23-32-27-40(48-49-46(32)45(31)47-28-33)30-20-22-44-39(26-30)37-16-8-10-18-42(37)51(44)35-13-5-2-6-14-35/h1-22,24-28H,23H2. The van der Waals surface area contributed by atoms with Crippen molar-refractivity contribution in [2.45, 2.75) is 6.42 Å². The van der Waals surface area contributed by atoms with Crippen LogP contribution in [0.3, 0.4) is 0 Å². The summed E-state index contributed by atoms with van der Waals surface area (Å²) < 4.78 is 4.68. The summed E-state index contributed by atoms with van der Waals surface area (Å²) in [5, 5.41) is 14.4. The van der Waals surface area contributed by atoms with Crippen molar-refractivity contribution in [3.05, 3.63) is 175 Å². The van der Waals surface area contributed by atoms with Crippen molar-refractivity contribution in [3.8, 4) is 45.1 Å². The molecule has 0 amide bonds. The van der Waals surface area contributed by atoms with Gasteiger partial charge in [0.1, 0.15) is 5.69 Å². The van der Waals surface area contributed by atoms with E-state index in [4.69, 9.17) is 15.2 Å². The molecule has 0 unspecified atom stereocenters. The summed E-state index contributed by atoms with van der Waals surface area (Å²) in [5.74, 6) is 0. The largest absolute Gasteiger partial charge is 0.309 e. The second-order valence-corrected chi connectivity index (χ2v) is 13.4. The molecule has 0 aliphatic heterocycles. The van der Waals surface area contributed by atoms with Crippen molar-refractivity contribution in [1.82, 2.24) is 24.3 Å². The molecule has 238 valence electrons. The Balaban J connectivity index is 0.959.